The lowest BCUT2D eigenvalue weighted by Crippen LogP contribution is -1.85. The third kappa shape index (κ3) is 2340. The molecule has 0 fully saturated rings. The average Bonchev–Trinajstić information content (AvgIpc) is 3.12. The van der Waals surface area contributed by atoms with Crippen LogP contribution in [-0.2, 0) is 0 Å². The lowest BCUT2D eigenvalue weighted by atomic mass is 10.8. The number of rotatable bonds is 1. The van der Waals surface area contributed by atoms with Crippen molar-refractivity contribution in [2.45, 2.75) is 0 Å². The Hall–Kier alpha value is -4.24. The quantitative estimate of drug-likeness (QED) is 0.344. The summed E-state index contributed by atoms with van der Waals surface area (Å²) in [5, 5.41) is 15.2. The molecule has 2 N–H and O–H groups in total. The second-order valence-electron chi connectivity index (χ2n) is 0.447. The number of hydrogen-bond donors (Lipinski definition) is 2. The Balaban J connectivity index is -0.00000000715. The van der Waals surface area contributed by atoms with Gasteiger partial charge in [0.05, 0.1) is 13.2 Å². The van der Waals surface area contributed by atoms with Gasteiger partial charge in [-0.15, -0.1) is 211 Å². The first-order chi connectivity index (χ1) is 17.9. The third-order valence-electron chi connectivity index (χ3n) is 0.1000. The Labute approximate surface area is 233 Å². The molecule has 36 heavy (non-hydrogen) atoms. The first kappa shape index (κ1) is 138. The molecule has 218 valence electrons. The van der Waals surface area contributed by atoms with Crippen molar-refractivity contribution in [3.05, 3.63) is 211 Å². The van der Waals surface area contributed by atoms with Gasteiger partial charge in [-0.25, -0.2) is 0 Å². The molecule has 0 radical (unpaired) electrons. The number of hydrogen-bond acceptors (Lipinski definition) is 2. The van der Waals surface area contributed by atoms with E-state index in [-0.39, 0.29) is 13.2 Å². The van der Waals surface area contributed by atoms with Gasteiger partial charge in [-0.1, -0.05) is 0 Å². The van der Waals surface area contributed by atoms with E-state index in [1.807, 2.05) is 0 Å². The van der Waals surface area contributed by atoms with E-state index < -0.39 is 0 Å². The fraction of sp³-hybridized carbons (Fsp3) is 0.0588. The molecule has 0 aliphatic rings. The molecule has 2 nitrogen and oxygen atoms in total. The Morgan fingerprint density at radius 1 is 0.167 bits per heavy atom. The van der Waals surface area contributed by atoms with Gasteiger partial charge in [0.2, 0.25) is 0 Å². The first-order valence-corrected chi connectivity index (χ1v) is 9.13. The number of aliphatic hydroxyl groups excluding tert-OH is 2. The summed E-state index contributed by atoms with van der Waals surface area (Å²) in [5.41, 5.74) is 0. The van der Waals surface area contributed by atoms with Gasteiger partial charge in [-0.05, 0) is 0 Å². The van der Waals surface area contributed by atoms with Crippen LogP contribution < -0.4 is 0 Å². The Morgan fingerprint density at radius 3 is 0.194 bits per heavy atom. The molecule has 2 heteroatoms. The maximum atomic E-state index is 7.62. The zero-order valence-electron chi connectivity index (χ0n) is 24.9. The van der Waals surface area contributed by atoms with Gasteiger partial charge in [-0.2, -0.15) is 0 Å². The second-order valence-corrected chi connectivity index (χ2v) is 0.447. The molecular formula is C34H70O2. The van der Waals surface area contributed by atoms with Gasteiger partial charge in [0.25, 0.3) is 0 Å². The summed E-state index contributed by atoms with van der Waals surface area (Å²) in [5.74, 6) is 0. The summed E-state index contributed by atoms with van der Waals surface area (Å²) in [6, 6.07) is 0. The van der Waals surface area contributed by atoms with Crippen molar-refractivity contribution in [3.8, 4) is 0 Å². The minimum Gasteiger partial charge on any atom is -0.394 e. The summed E-state index contributed by atoms with van der Waals surface area (Å²) in [6.07, 6.45) is 0. The van der Waals surface area contributed by atoms with Crippen LogP contribution in [0.1, 0.15) is 0 Å². The van der Waals surface area contributed by atoms with E-state index in [1.165, 1.54) is 0 Å². The van der Waals surface area contributed by atoms with Crippen LogP contribution >= 0.6 is 0 Å². The molecule has 0 aromatic carbocycles. The zero-order chi connectivity index (χ0) is 35.4. The van der Waals surface area contributed by atoms with E-state index in [2.05, 4.69) is 211 Å². The smallest absolute Gasteiger partial charge is 0.0662 e. The van der Waals surface area contributed by atoms with Gasteiger partial charge in [-0.3, -0.25) is 0 Å². The topological polar surface area (TPSA) is 40.5 Å². The molecule has 0 unspecified atom stereocenters. The van der Waals surface area contributed by atoms with E-state index in [9.17, 15) is 0 Å². The van der Waals surface area contributed by atoms with E-state index >= 15 is 0 Å². The summed E-state index contributed by atoms with van der Waals surface area (Å²) in [4.78, 5) is 0. The summed E-state index contributed by atoms with van der Waals surface area (Å²) < 4.78 is 0. The lowest BCUT2D eigenvalue weighted by Gasteiger charge is -1.70. The minimum atomic E-state index is -0.125. The van der Waals surface area contributed by atoms with E-state index in [0.29, 0.717) is 0 Å². The second kappa shape index (κ2) is 5430. The first-order valence-electron chi connectivity index (χ1n) is 9.13. The maximum absolute atomic E-state index is 7.62. The lowest BCUT2D eigenvalue weighted by molar-refractivity contribution is 0.186. The molecule has 0 aromatic heterocycles. The fourth-order valence-electron chi connectivity index (χ4n) is 0. The molecular weight excluding hydrogens is 440 g/mol. The molecule has 0 aliphatic heterocycles. The van der Waals surface area contributed by atoms with Crippen molar-refractivity contribution in [1.82, 2.24) is 0 Å². The molecule has 0 atom stereocenters. The van der Waals surface area contributed by atoms with Crippen LogP contribution in [0.2, 0.25) is 0 Å². The molecule has 0 aromatic rings. The van der Waals surface area contributed by atoms with Gasteiger partial charge in [0.15, 0.2) is 0 Å². The Morgan fingerprint density at radius 2 is 0.194 bits per heavy atom. The number of aliphatic hydroxyl groups is 2. The van der Waals surface area contributed by atoms with Crippen LogP contribution in [0.5, 0.6) is 0 Å². The van der Waals surface area contributed by atoms with Crippen LogP contribution in [0.25, 0.3) is 0 Å². The molecule has 0 heterocycles. The van der Waals surface area contributed by atoms with Crippen molar-refractivity contribution < 1.29 is 10.2 Å². The predicted octanol–water partition coefficient (Wildman–Crippen LogP) is 11.8. The maximum Gasteiger partial charge on any atom is 0.0662 e. The van der Waals surface area contributed by atoms with Crippen molar-refractivity contribution in [1.29, 1.82) is 0 Å². The van der Waals surface area contributed by atoms with E-state index in [4.69, 9.17) is 10.2 Å². The van der Waals surface area contributed by atoms with E-state index in [1.54, 1.807) is 0 Å². The molecule has 0 bridgehead atoms. The van der Waals surface area contributed by atoms with Crippen molar-refractivity contribution in [2.75, 3.05) is 13.2 Å². The molecule has 0 spiro atoms. The molecule has 0 amide bonds. The Bertz CT molecular complexity index is 95.3. The Kier molecular flexibility index (Phi) is 20800. The highest BCUT2D eigenvalue weighted by atomic mass is 16.3. The van der Waals surface area contributed by atoms with Crippen molar-refractivity contribution in [3.63, 3.8) is 0 Å². The molecule has 0 aliphatic carbocycles. The van der Waals surface area contributed by atoms with Gasteiger partial charge in [0.1, 0.15) is 0 Å². The summed E-state index contributed by atoms with van der Waals surface area (Å²) >= 11 is 0. The normalized spacial score (nSPS) is 2.61. The van der Waals surface area contributed by atoms with Crippen molar-refractivity contribution >= 4 is 0 Å². The standard InChI is InChI=1S/C2H6O2.16C2H4/c3-1-2-4;16*1-2/h3-4H,1-2H2;16*1-2H2. The van der Waals surface area contributed by atoms with E-state index in [0.717, 1.165) is 0 Å². The molecule has 0 saturated carbocycles. The van der Waals surface area contributed by atoms with Crippen LogP contribution in [0, 0.1) is 0 Å². The van der Waals surface area contributed by atoms with Crippen molar-refractivity contribution in [2.24, 2.45) is 0 Å². The minimum absolute atomic E-state index is 0.125. The van der Waals surface area contributed by atoms with Crippen LogP contribution in [0.4, 0.5) is 0 Å². The zero-order valence-corrected chi connectivity index (χ0v) is 24.9. The SMILES string of the molecule is C=C.C=C.C=C.C=C.C=C.C=C.C=C.C=C.C=C.C=C.C=C.C=C.C=C.C=C.C=C.C=C.OCCO. The highest BCUT2D eigenvalue weighted by molar-refractivity contribution is 4.25. The van der Waals surface area contributed by atoms with Gasteiger partial charge < -0.3 is 10.2 Å². The average molecular weight is 511 g/mol. The summed E-state index contributed by atoms with van der Waals surface area (Å²) in [6.45, 7) is 95.8. The highest BCUT2D eigenvalue weighted by Crippen LogP contribution is 1.39. The molecule has 0 saturated heterocycles. The predicted molar refractivity (Wildman–Crippen MR) is 194 cm³/mol. The monoisotopic (exact) mass is 511 g/mol. The van der Waals surface area contributed by atoms with Crippen LogP contribution in [0.3, 0.4) is 0 Å². The van der Waals surface area contributed by atoms with Gasteiger partial charge >= 0.3 is 0 Å². The fourth-order valence-corrected chi connectivity index (χ4v) is 0. The van der Waals surface area contributed by atoms with Crippen LogP contribution in [-0.4, -0.2) is 23.4 Å². The van der Waals surface area contributed by atoms with Crippen LogP contribution in [0.15, 0.2) is 211 Å². The third-order valence-corrected chi connectivity index (χ3v) is 0.1000. The highest BCUT2D eigenvalue weighted by Gasteiger charge is 1.58. The van der Waals surface area contributed by atoms with Gasteiger partial charge in [0, 0.05) is 0 Å². The summed E-state index contributed by atoms with van der Waals surface area (Å²) in [7, 11) is 0. The largest absolute Gasteiger partial charge is 0.394 e. The molecule has 0 rings (SSSR count).